The van der Waals surface area contributed by atoms with Gasteiger partial charge in [0, 0.05) is 37.9 Å². The van der Waals surface area contributed by atoms with Crippen molar-refractivity contribution in [1.82, 2.24) is 4.90 Å². The van der Waals surface area contributed by atoms with Crippen molar-refractivity contribution in [2.45, 2.75) is 19.2 Å². The average Bonchev–Trinajstić information content (AvgIpc) is 3.21. The first-order valence-electron chi connectivity index (χ1n) is 9.57. The van der Waals surface area contributed by atoms with E-state index < -0.39 is 6.10 Å². The molecule has 1 atom stereocenters. The van der Waals surface area contributed by atoms with Crippen molar-refractivity contribution < 1.29 is 14.3 Å². The zero-order valence-electron chi connectivity index (χ0n) is 16.8. The van der Waals surface area contributed by atoms with Crippen LogP contribution in [-0.2, 0) is 13.1 Å². The van der Waals surface area contributed by atoms with Gasteiger partial charge in [0.1, 0.15) is 24.2 Å². The summed E-state index contributed by atoms with van der Waals surface area (Å²) in [5.74, 6) is 1.55. The fraction of sp³-hybridized carbons (Fsp3) is 0.304. The summed E-state index contributed by atoms with van der Waals surface area (Å²) >= 11 is 5.89. The van der Waals surface area contributed by atoms with Crippen LogP contribution in [0.15, 0.2) is 71.3 Å². The van der Waals surface area contributed by atoms with Gasteiger partial charge in [-0.1, -0.05) is 23.7 Å². The lowest BCUT2D eigenvalue weighted by Crippen LogP contribution is -2.35. The number of halogens is 1. The van der Waals surface area contributed by atoms with Gasteiger partial charge in [-0.3, -0.25) is 4.90 Å². The molecule has 29 heavy (non-hydrogen) atoms. The van der Waals surface area contributed by atoms with Crippen LogP contribution in [0.25, 0.3) is 0 Å². The fourth-order valence-corrected chi connectivity index (χ4v) is 3.17. The maximum Gasteiger partial charge on any atom is 0.119 e. The number of hydrogen-bond donors (Lipinski definition) is 1. The minimum Gasteiger partial charge on any atom is -0.491 e. The third-order valence-electron chi connectivity index (χ3n) is 4.54. The monoisotopic (exact) mass is 414 g/mol. The van der Waals surface area contributed by atoms with Gasteiger partial charge in [-0.05, 0) is 54.1 Å². The fourth-order valence-electron chi connectivity index (χ4n) is 3.04. The van der Waals surface area contributed by atoms with E-state index in [1.54, 1.807) is 30.5 Å². The second kappa shape index (κ2) is 10.3. The van der Waals surface area contributed by atoms with Gasteiger partial charge in [0.15, 0.2) is 0 Å². The molecule has 0 amide bonds. The van der Waals surface area contributed by atoms with E-state index in [9.17, 15) is 5.11 Å². The number of anilines is 1. The number of aliphatic hydroxyl groups excluding tert-OH is 1. The van der Waals surface area contributed by atoms with Gasteiger partial charge in [0.25, 0.3) is 0 Å². The van der Waals surface area contributed by atoms with Gasteiger partial charge in [-0.15, -0.1) is 0 Å². The summed E-state index contributed by atoms with van der Waals surface area (Å²) in [6.45, 7) is 1.98. The molecule has 0 aliphatic carbocycles. The van der Waals surface area contributed by atoms with Gasteiger partial charge in [0.2, 0.25) is 0 Å². The smallest absolute Gasteiger partial charge is 0.119 e. The number of benzene rings is 2. The van der Waals surface area contributed by atoms with Gasteiger partial charge in [-0.25, -0.2) is 0 Å². The summed E-state index contributed by atoms with van der Waals surface area (Å²) in [6.07, 6.45) is 1.03. The Bertz CT molecular complexity index is 849. The molecule has 0 radical (unpaired) electrons. The van der Waals surface area contributed by atoms with Crippen molar-refractivity contribution in [2.24, 2.45) is 0 Å². The predicted octanol–water partition coefficient (Wildman–Crippen LogP) is 4.44. The molecule has 154 valence electrons. The van der Waals surface area contributed by atoms with E-state index in [2.05, 4.69) is 34.1 Å². The van der Waals surface area contributed by atoms with Crippen LogP contribution in [0, 0.1) is 0 Å². The Balaban J connectivity index is 1.60. The molecular formula is C23H27ClN2O3. The van der Waals surface area contributed by atoms with Gasteiger partial charge in [-0.2, -0.15) is 0 Å². The van der Waals surface area contributed by atoms with Gasteiger partial charge >= 0.3 is 0 Å². The van der Waals surface area contributed by atoms with Crippen molar-refractivity contribution in [2.75, 3.05) is 32.1 Å². The van der Waals surface area contributed by atoms with E-state index in [0.717, 1.165) is 11.4 Å². The largest absolute Gasteiger partial charge is 0.491 e. The number of hydrogen-bond acceptors (Lipinski definition) is 5. The Kier molecular flexibility index (Phi) is 7.58. The first-order valence-corrected chi connectivity index (χ1v) is 9.95. The Hall–Kier alpha value is -2.47. The Morgan fingerprint density at radius 3 is 2.34 bits per heavy atom. The van der Waals surface area contributed by atoms with Crippen LogP contribution in [0.5, 0.6) is 5.75 Å². The molecule has 6 heteroatoms. The molecule has 0 aliphatic heterocycles. The molecule has 0 bridgehead atoms. The third kappa shape index (κ3) is 6.82. The van der Waals surface area contributed by atoms with E-state index in [-0.39, 0.29) is 6.61 Å². The highest BCUT2D eigenvalue weighted by atomic mass is 35.5. The first kappa shape index (κ1) is 21.2. The second-order valence-electron chi connectivity index (χ2n) is 7.23. The number of nitrogens with zero attached hydrogens (tertiary/aromatic N) is 2. The van der Waals surface area contributed by atoms with Crippen LogP contribution in [0.1, 0.15) is 11.3 Å². The molecule has 0 saturated carbocycles. The molecule has 0 aliphatic rings. The lowest BCUT2D eigenvalue weighted by atomic mass is 10.1. The average molecular weight is 415 g/mol. The van der Waals surface area contributed by atoms with Crippen LogP contribution in [0.2, 0.25) is 5.02 Å². The minimum absolute atomic E-state index is 0.204. The molecule has 1 unspecified atom stereocenters. The van der Waals surface area contributed by atoms with E-state index in [1.807, 2.05) is 26.2 Å². The van der Waals surface area contributed by atoms with Crippen molar-refractivity contribution in [3.05, 3.63) is 83.3 Å². The molecule has 1 aromatic heterocycles. The van der Waals surface area contributed by atoms with Crippen LogP contribution < -0.4 is 9.64 Å². The van der Waals surface area contributed by atoms with Crippen LogP contribution in [0.4, 0.5) is 5.69 Å². The highest BCUT2D eigenvalue weighted by Gasteiger charge is 2.15. The zero-order valence-corrected chi connectivity index (χ0v) is 17.5. The number of ether oxygens (including phenoxy) is 1. The van der Waals surface area contributed by atoms with Crippen molar-refractivity contribution in [1.29, 1.82) is 0 Å². The Morgan fingerprint density at radius 2 is 1.72 bits per heavy atom. The topological polar surface area (TPSA) is 49.1 Å². The predicted molar refractivity (Wildman–Crippen MR) is 117 cm³/mol. The highest BCUT2D eigenvalue weighted by molar-refractivity contribution is 6.30. The molecule has 5 nitrogen and oxygen atoms in total. The van der Waals surface area contributed by atoms with Crippen LogP contribution >= 0.6 is 11.6 Å². The van der Waals surface area contributed by atoms with E-state index >= 15 is 0 Å². The quantitative estimate of drug-likeness (QED) is 0.531. The van der Waals surface area contributed by atoms with Gasteiger partial charge in [0.05, 0.1) is 12.8 Å². The summed E-state index contributed by atoms with van der Waals surface area (Å²) in [5, 5.41) is 11.2. The molecule has 0 fully saturated rings. The number of rotatable bonds is 10. The molecule has 3 rings (SSSR count). The summed E-state index contributed by atoms with van der Waals surface area (Å²) in [5.41, 5.74) is 2.33. The van der Waals surface area contributed by atoms with Crippen molar-refractivity contribution in [3.8, 4) is 5.75 Å². The van der Waals surface area contributed by atoms with Crippen molar-refractivity contribution in [3.63, 3.8) is 0 Å². The zero-order chi connectivity index (χ0) is 20.6. The van der Waals surface area contributed by atoms with Crippen molar-refractivity contribution >= 4 is 17.3 Å². The standard InChI is InChI=1S/C23H27ClN2O3/c1-25(2)20-9-5-18(6-10-20)14-26(16-23-4-3-13-28-23)15-21(27)17-29-22-11-7-19(24)8-12-22/h3-13,21,27H,14-17H2,1-2H3. The highest BCUT2D eigenvalue weighted by Crippen LogP contribution is 2.17. The summed E-state index contributed by atoms with van der Waals surface area (Å²) in [6, 6.07) is 19.4. The summed E-state index contributed by atoms with van der Waals surface area (Å²) < 4.78 is 11.2. The first-order chi connectivity index (χ1) is 14.0. The number of aliphatic hydroxyl groups is 1. The third-order valence-corrected chi connectivity index (χ3v) is 4.80. The molecule has 3 aromatic rings. The van der Waals surface area contributed by atoms with Gasteiger partial charge < -0.3 is 19.2 Å². The number of furan rings is 1. The maximum atomic E-state index is 10.5. The second-order valence-corrected chi connectivity index (χ2v) is 7.67. The minimum atomic E-state index is -0.637. The molecule has 1 N–H and O–H groups in total. The lowest BCUT2D eigenvalue weighted by Gasteiger charge is -2.25. The van der Waals surface area contributed by atoms with E-state index in [1.165, 1.54) is 5.56 Å². The SMILES string of the molecule is CN(C)c1ccc(CN(Cc2ccco2)CC(O)COc2ccc(Cl)cc2)cc1. The normalized spacial score (nSPS) is 12.2. The molecule has 2 aromatic carbocycles. The summed E-state index contributed by atoms with van der Waals surface area (Å²) in [4.78, 5) is 4.22. The van der Waals surface area contributed by atoms with Crippen LogP contribution in [-0.4, -0.2) is 43.4 Å². The maximum absolute atomic E-state index is 10.5. The molecule has 0 spiro atoms. The van der Waals surface area contributed by atoms with Crippen LogP contribution in [0.3, 0.4) is 0 Å². The Labute approximate surface area is 177 Å². The molecule has 1 heterocycles. The lowest BCUT2D eigenvalue weighted by molar-refractivity contribution is 0.0605. The Morgan fingerprint density at radius 1 is 1.00 bits per heavy atom. The van der Waals surface area contributed by atoms with E-state index in [0.29, 0.717) is 30.4 Å². The van der Waals surface area contributed by atoms with E-state index in [4.69, 9.17) is 20.8 Å². The molecular weight excluding hydrogens is 388 g/mol. The molecule has 0 saturated heterocycles. The summed E-state index contributed by atoms with van der Waals surface area (Å²) in [7, 11) is 4.05.